The molecule has 0 bridgehead atoms. The highest BCUT2D eigenvalue weighted by atomic mass is 15.3. The van der Waals surface area contributed by atoms with E-state index in [2.05, 4.69) is 110 Å². The molecule has 0 aliphatic carbocycles. The molecule has 5 rings (SSSR count). The van der Waals surface area contributed by atoms with Gasteiger partial charge in [-0.1, -0.05) is 7.43 Å². The van der Waals surface area contributed by atoms with E-state index in [1.165, 1.54) is 100.0 Å². The maximum Gasteiger partial charge on any atom is 0.370 e. The van der Waals surface area contributed by atoms with Crippen LogP contribution >= 0.6 is 0 Å². The van der Waals surface area contributed by atoms with E-state index in [0.29, 0.717) is 0 Å². The highest BCUT2D eigenvalue weighted by Gasteiger charge is 2.32. The number of nitrogens with zero attached hydrogens (tertiary/aromatic N) is 3. The fourth-order valence-electron chi connectivity index (χ4n) is 6.53. The first kappa shape index (κ1) is 26.0. The number of benzene rings is 3. The van der Waals surface area contributed by atoms with Crippen LogP contribution in [0.3, 0.4) is 0 Å². The third kappa shape index (κ3) is 2.95. The van der Waals surface area contributed by atoms with Crippen molar-refractivity contribution in [2.75, 3.05) is 0 Å². The standard InChI is InChI=1S/C32H40N3.CH4/c1-15-14-26-29(23(9)16(15)2)34(13)32(33(26)12)35-30-24(10)19(5)17(3)21(7)27(30)28-22(8)18(4)20(6)25(11)31(28)35;/h14H,1-13H3;1H4/q+1;. The molecule has 190 valence electrons. The van der Waals surface area contributed by atoms with Gasteiger partial charge in [0.2, 0.25) is 0 Å². The highest BCUT2D eigenvalue weighted by Crippen LogP contribution is 2.43. The molecule has 0 amide bonds. The van der Waals surface area contributed by atoms with E-state index in [0.717, 1.165) is 0 Å². The van der Waals surface area contributed by atoms with E-state index < -0.39 is 0 Å². The van der Waals surface area contributed by atoms with Gasteiger partial charge in [-0.3, -0.25) is 0 Å². The van der Waals surface area contributed by atoms with Crippen molar-refractivity contribution < 1.29 is 4.57 Å². The van der Waals surface area contributed by atoms with Crippen molar-refractivity contribution in [3.63, 3.8) is 0 Å². The summed E-state index contributed by atoms with van der Waals surface area (Å²) in [4.78, 5) is 0. The van der Waals surface area contributed by atoms with Crippen LogP contribution in [0.5, 0.6) is 0 Å². The molecule has 0 unspecified atom stereocenters. The Labute approximate surface area is 217 Å². The van der Waals surface area contributed by atoms with Crippen molar-refractivity contribution in [1.29, 1.82) is 0 Å². The van der Waals surface area contributed by atoms with Crippen LogP contribution in [0, 0.1) is 76.2 Å². The van der Waals surface area contributed by atoms with E-state index in [1.54, 1.807) is 0 Å². The van der Waals surface area contributed by atoms with Gasteiger partial charge in [-0.05, 0) is 143 Å². The Morgan fingerprint density at radius 1 is 0.556 bits per heavy atom. The topological polar surface area (TPSA) is 13.7 Å². The largest absolute Gasteiger partial charge is 0.370 e. The third-order valence-electron chi connectivity index (χ3n) is 9.61. The molecule has 3 aromatic carbocycles. The van der Waals surface area contributed by atoms with Crippen molar-refractivity contribution in [3.8, 4) is 5.95 Å². The molecule has 0 N–H and O–H groups in total. The Morgan fingerprint density at radius 2 is 0.972 bits per heavy atom. The smallest absolute Gasteiger partial charge is 0.230 e. The molecule has 0 spiro atoms. The lowest BCUT2D eigenvalue weighted by Crippen LogP contribution is -2.34. The zero-order chi connectivity index (χ0) is 25.8. The van der Waals surface area contributed by atoms with Gasteiger partial charge in [0.1, 0.15) is 22.1 Å². The van der Waals surface area contributed by atoms with Crippen LogP contribution in [-0.4, -0.2) is 9.13 Å². The molecule has 0 aliphatic heterocycles. The van der Waals surface area contributed by atoms with Crippen molar-refractivity contribution in [2.45, 2.75) is 83.6 Å². The van der Waals surface area contributed by atoms with Crippen LogP contribution in [0.4, 0.5) is 0 Å². The summed E-state index contributed by atoms with van der Waals surface area (Å²) < 4.78 is 7.41. The van der Waals surface area contributed by atoms with Gasteiger partial charge in [0, 0.05) is 10.8 Å². The number of hydrogen-bond donors (Lipinski definition) is 0. The summed E-state index contributed by atoms with van der Waals surface area (Å²) in [6, 6.07) is 2.36. The molecule has 2 aromatic heterocycles. The molecular formula is C33H44N3+. The Balaban J connectivity index is 0.00000304. The lowest BCUT2D eigenvalue weighted by molar-refractivity contribution is -0.639. The summed E-state index contributed by atoms with van der Waals surface area (Å²) in [6.45, 7) is 25.1. The van der Waals surface area contributed by atoms with E-state index in [9.17, 15) is 0 Å². The molecule has 0 saturated heterocycles. The average molecular weight is 483 g/mol. The Bertz CT molecular complexity index is 1680. The number of imidazole rings is 1. The molecule has 0 saturated carbocycles. The van der Waals surface area contributed by atoms with Crippen LogP contribution < -0.4 is 4.57 Å². The second-order valence-corrected chi connectivity index (χ2v) is 11.0. The number of aryl methyl sites for hydroxylation is 8. The molecule has 36 heavy (non-hydrogen) atoms. The monoisotopic (exact) mass is 482 g/mol. The van der Waals surface area contributed by atoms with Gasteiger partial charge < -0.3 is 0 Å². The SMILES string of the molecule is C.Cc1cc2c(c(C)c1C)[n+](C)c(-n1c3c(C)c(C)c(C)c(C)c3c3c(C)c(C)c(C)c(C)c31)n2C. The number of aromatic nitrogens is 3. The quantitative estimate of drug-likeness (QED) is 0.214. The van der Waals surface area contributed by atoms with Crippen molar-refractivity contribution in [3.05, 3.63) is 67.3 Å². The maximum absolute atomic E-state index is 2.58. The minimum Gasteiger partial charge on any atom is -0.230 e. The minimum absolute atomic E-state index is 0. The van der Waals surface area contributed by atoms with E-state index >= 15 is 0 Å². The summed E-state index contributed by atoms with van der Waals surface area (Å²) in [5.41, 5.74) is 20.6. The zero-order valence-electron chi connectivity index (χ0n) is 23.9. The van der Waals surface area contributed by atoms with Crippen LogP contribution in [0.1, 0.15) is 68.6 Å². The molecule has 0 atom stereocenters. The molecule has 0 aliphatic rings. The van der Waals surface area contributed by atoms with Gasteiger partial charge in [-0.25, -0.2) is 9.13 Å². The lowest BCUT2D eigenvalue weighted by atomic mass is 9.90. The zero-order valence-corrected chi connectivity index (χ0v) is 23.9. The third-order valence-corrected chi connectivity index (χ3v) is 9.61. The van der Waals surface area contributed by atoms with E-state index in [4.69, 9.17) is 0 Å². The van der Waals surface area contributed by atoms with Gasteiger partial charge in [-0.15, -0.1) is 0 Å². The predicted molar refractivity (Wildman–Crippen MR) is 157 cm³/mol. The predicted octanol–water partition coefficient (Wildman–Crippen LogP) is 8.13. The van der Waals surface area contributed by atoms with Crippen molar-refractivity contribution >= 4 is 32.8 Å². The second-order valence-electron chi connectivity index (χ2n) is 11.0. The average Bonchev–Trinajstić information content (AvgIpc) is 3.29. The molecule has 3 heteroatoms. The van der Waals surface area contributed by atoms with Crippen LogP contribution in [0.25, 0.3) is 38.8 Å². The molecule has 3 nitrogen and oxygen atoms in total. The Hall–Kier alpha value is -3.07. The molecule has 0 fully saturated rings. The first-order valence-electron chi connectivity index (χ1n) is 12.8. The molecule has 0 radical (unpaired) electrons. The lowest BCUT2D eigenvalue weighted by Gasteiger charge is -2.12. The minimum atomic E-state index is 0. The van der Waals surface area contributed by atoms with E-state index in [1.807, 2.05) is 0 Å². The normalized spacial score (nSPS) is 11.8. The molecule has 2 heterocycles. The first-order valence-corrected chi connectivity index (χ1v) is 12.8. The fraction of sp³-hybridized carbons (Fsp3) is 0.424. The summed E-state index contributed by atoms with van der Waals surface area (Å²) in [5, 5.41) is 2.83. The van der Waals surface area contributed by atoms with Crippen LogP contribution in [-0.2, 0) is 14.1 Å². The summed E-state index contributed by atoms with van der Waals surface area (Å²) in [6.07, 6.45) is 0. The molecule has 5 aromatic rings. The van der Waals surface area contributed by atoms with Crippen molar-refractivity contribution in [1.82, 2.24) is 9.13 Å². The highest BCUT2D eigenvalue weighted by molar-refractivity contribution is 6.15. The maximum atomic E-state index is 2.58. The first-order chi connectivity index (χ1) is 16.3. The van der Waals surface area contributed by atoms with Crippen LogP contribution in [0.15, 0.2) is 6.07 Å². The van der Waals surface area contributed by atoms with Gasteiger partial charge in [0.15, 0.2) is 0 Å². The Kier molecular flexibility index (Phi) is 5.94. The van der Waals surface area contributed by atoms with Gasteiger partial charge in [0.25, 0.3) is 0 Å². The number of hydrogen-bond acceptors (Lipinski definition) is 0. The second kappa shape index (κ2) is 8.23. The van der Waals surface area contributed by atoms with E-state index in [-0.39, 0.29) is 7.43 Å². The van der Waals surface area contributed by atoms with Crippen LogP contribution in [0.2, 0.25) is 0 Å². The summed E-state index contributed by atoms with van der Waals surface area (Å²) in [7, 11) is 4.47. The summed E-state index contributed by atoms with van der Waals surface area (Å²) in [5.74, 6) is 1.21. The number of fused-ring (bicyclic) bond motifs is 4. The Morgan fingerprint density at radius 3 is 1.42 bits per heavy atom. The van der Waals surface area contributed by atoms with Gasteiger partial charge in [0.05, 0.1) is 14.1 Å². The summed E-state index contributed by atoms with van der Waals surface area (Å²) >= 11 is 0. The fourth-order valence-corrected chi connectivity index (χ4v) is 6.53. The van der Waals surface area contributed by atoms with Gasteiger partial charge in [-0.2, -0.15) is 4.57 Å². The number of rotatable bonds is 1. The molecular weight excluding hydrogens is 438 g/mol. The van der Waals surface area contributed by atoms with Crippen molar-refractivity contribution in [2.24, 2.45) is 14.1 Å². The van der Waals surface area contributed by atoms with Gasteiger partial charge >= 0.3 is 5.95 Å².